The number of halogens is 1. The minimum atomic E-state index is -0.201. The summed E-state index contributed by atoms with van der Waals surface area (Å²) in [5.74, 6) is 0.735. The molecule has 1 amide bonds. The summed E-state index contributed by atoms with van der Waals surface area (Å²) in [5.41, 5.74) is 5.14. The highest BCUT2D eigenvalue weighted by molar-refractivity contribution is 6.30. The zero-order valence-electron chi connectivity index (χ0n) is 16.6. The monoisotopic (exact) mass is 416 g/mol. The van der Waals surface area contributed by atoms with Crippen molar-refractivity contribution in [2.75, 3.05) is 13.7 Å². The Kier molecular flexibility index (Phi) is 4.72. The number of benzene rings is 3. The van der Waals surface area contributed by atoms with E-state index in [4.69, 9.17) is 16.3 Å². The molecular formula is C25H21ClN2O2. The molecule has 0 radical (unpaired) electrons. The van der Waals surface area contributed by atoms with E-state index in [1.54, 1.807) is 7.11 Å². The van der Waals surface area contributed by atoms with Crippen molar-refractivity contribution in [1.82, 2.24) is 9.88 Å². The molecule has 30 heavy (non-hydrogen) atoms. The summed E-state index contributed by atoms with van der Waals surface area (Å²) in [6, 6.07) is 23.2. The highest BCUT2D eigenvalue weighted by atomic mass is 35.5. The van der Waals surface area contributed by atoms with Crippen LogP contribution in [0, 0.1) is 0 Å². The van der Waals surface area contributed by atoms with Crippen LogP contribution >= 0.6 is 11.6 Å². The minimum Gasteiger partial charge on any atom is -0.497 e. The summed E-state index contributed by atoms with van der Waals surface area (Å²) in [4.78, 5) is 19.1. The number of para-hydroxylation sites is 1. The van der Waals surface area contributed by atoms with Crippen molar-refractivity contribution >= 4 is 28.4 Å². The maximum atomic E-state index is 13.5. The van der Waals surface area contributed by atoms with Gasteiger partial charge in [-0.25, -0.2) is 0 Å². The van der Waals surface area contributed by atoms with E-state index in [1.807, 2.05) is 59.5 Å². The lowest BCUT2D eigenvalue weighted by atomic mass is 9.91. The van der Waals surface area contributed by atoms with Gasteiger partial charge in [0.15, 0.2) is 0 Å². The molecule has 0 bridgehead atoms. The maximum absolute atomic E-state index is 13.5. The van der Waals surface area contributed by atoms with Gasteiger partial charge < -0.3 is 14.6 Å². The SMILES string of the molecule is COc1ccc(C(=O)N2CCc3c([nH]c4ccccc34)[C@H]2c2ccc(Cl)cc2)cc1. The van der Waals surface area contributed by atoms with Gasteiger partial charge in [-0.3, -0.25) is 4.79 Å². The van der Waals surface area contributed by atoms with Crippen LogP contribution in [-0.2, 0) is 6.42 Å². The van der Waals surface area contributed by atoms with Gasteiger partial charge in [0.25, 0.3) is 5.91 Å². The number of aromatic nitrogens is 1. The number of hydrogen-bond donors (Lipinski definition) is 1. The molecule has 3 aromatic carbocycles. The molecule has 0 saturated carbocycles. The molecule has 2 heterocycles. The molecule has 0 saturated heterocycles. The molecule has 150 valence electrons. The topological polar surface area (TPSA) is 45.3 Å². The number of H-pyrrole nitrogens is 1. The van der Waals surface area contributed by atoms with Crippen LogP contribution in [0.2, 0.25) is 5.02 Å². The van der Waals surface area contributed by atoms with Gasteiger partial charge in [0.1, 0.15) is 5.75 Å². The second-order valence-corrected chi connectivity index (χ2v) is 7.93. The van der Waals surface area contributed by atoms with Gasteiger partial charge in [0, 0.05) is 33.7 Å². The van der Waals surface area contributed by atoms with Crippen molar-refractivity contribution in [3.63, 3.8) is 0 Å². The lowest BCUT2D eigenvalue weighted by Gasteiger charge is -2.36. The van der Waals surface area contributed by atoms with Crippen molar-refractivity contribution in [2.24, 2.45) is 0 Å². The number of methoxy groups -OCH3 is 1. The second-order valence-electron chi connectivity index (χ2n) is 7.49. The molecule has 1 atom stereocenters. The molecule has 1 aliphatic rings. The summed E-state index contributed by atoms with van der Waals surface area (Å²) < 4.78 is 5.23. The third kappa shape index (κ3) is 3.14. The van der Waals surface area contributed by atoms with E-state index >= 15 is 0 Å². The van der Waals surface area contributed by atoms with Gasteiger partial charge in [-0.2, -0.15) is 0 Å². The fourth-order valence-electron chi connectivity index (χ4n) is 4.35. The van der Waals surface area contributed by atoms with E-state index < -0.39 is 0 Å². The number of nitrogens with one attached hydrogen (secondary N) is 1. The van der Waals surface area contributed by atoms with Crippen LogP contribution in [0.5, 0.6) is 5.75 Å². The largest absolute Gasteiger partial charge is 0.497 e. The van der Waals surface area contributed by atoms with Crippen LogP contribution in [0.3, 0.4) is 0 Å². The predicted octanol–water partition coefficient (Wildman–Crippen LogP) is 5.62. The van der Waals surface area contributed by atoms with Crippen molar-refractivity contribution in [3.8, 4) is 5.75 Å². The van der Waals surface area contributed by atoms with Crippen molar-refractivity contribution < 1.29 is 9.53 Å². The van der Waals surface area contributed by atoms with Gasteiger partial charge in [-0.15, -0.1) is 0 Å². The van der Waals surface area contributed by atoms with E-state index in [0.29, 0.717) is 17.1 Å². The number of nitrogens with zero attached hydrogens (tertiary/aromatic N) is 1. The predicted molar refractivity (Wildman–Crippen MR) is 119 cm³/mol. The number of rotatable bonds is 3. The fraction of sp³-hybridized carbons (Fsp3) is 0.160. The second kappa shape index (κ2) is 7.54. The molecule has 0 aliphatic carbocycles. The minimum absolute atomic E-state index is 0.00177. The Morgan fingerprint density at radius 2 is 1.77 bits per heavy atom. The number of ether oxygens (including phenoxy) is 1. The first-order valence-electron chi connectivity index (χ1n) is 9.95. The number of hydrogen-bond acceptors (Lipinski definition) is 2. The summed E-state index contributed by atoms with van der Waals surface area (Å²) >= 11 is 6.14. The molecule has 4 nitrogen and oxygen atoms in total. The number of amides is 1. The smallest absolute Gasteiger partial charge is 0.254 e. The van der Waals surface area contributed by atoms with Gasteiger partial charge in [0.2, 0.25) is 0 Å². The molecule has 0 fully saturated rings. The van der Waals surface area contributed by atoms with E-state index in [2.05, 4.69) is 23.2 Å². The Morgan fingerprint density at radius 3 is 2.50 bits per heavy atom. The molecule has 1 aliphatic heterocycles. The number of fused-ring (bicyclic) bond motifs is 3. The lowest BCUT2D eigenvalue weighted by molar-refractivity contribution is 0.0692. The molecule has 5 rings (SSSR count). The maximum Gasteiger partial charge on any atom is 0.254 e. The van der Waals surface area contributed by atoms with E-state index in [9.17, 15) is 4.79 Å². The number of aromatic amines is 1. The van der Waals surface area contributed by atoms with Crippen molar-refractivity contribution in [2.45, 2.75) is 12.5 Å². The summed E-state index contributed by atoms with van der Waals surface area (Å²) in [6.07, 6.45) is 0.811. The standard InChI is InChI=1S/C25H21ClN2O2/c1-30-19-12-8-17(9-13-19)25(29)28-15-14-21-20-4-2-3-5-22(20)27-23(21)24(28)16-6-10-18(26)11-7-16/h2-13,24,27H,14-15H2,1H3/t24-/m1/s1. The summed E-state index contributed by atoms with van der Waals surface area (Å²) in [5, 5.41) is 1.91. The Labute approximate surface area is 180 Å². The molecule has 1 N–H and O–H groups in total. The molecule has 0 unspecified atom stereocenters. The average molecular weight is 417 g/mol. The molecule has 0 spiro atoms. The van der Waals surface area contributed by atoms with Crippen molar-refractivity contribution in [1.29, 1.82) is 0 Å². The Morgan fingerprint density at radius 1 is 1.03 bits per heavy atom. The van der Waals surface area contributed by atoms with Gasteiger partial charge in [0.05, 0.1) is 13.2 Å². The van der Waals surface area contributed by atoms with Crippen LogP contribution in [0.25, 0.3) is 10.9 Å². The average Bonchev–Trinajstić information content (AvgIpc) is 3.17. The quantitative estimate of drug-likeness (QED) is 0.471. The molecule has 5 heteroatoms. The van der Waals surface area contributed by atoms with Gasteiger partial charge in [-0.1, -0.05) is 41.9 Å². The zero-order chi connectivity index (χ0) is 20.7. The van der Waals surface area contributed by atoms with Crippen LogP contribution < -0.4 is 4.74 Å². The summed E-state index contributed by atoms with van der Waals surface area (Å²) in [7, 11) is 1.62. The third-order valence-electron chi connectivity index (χ3n) is 5.82. The van der Waals surface area contributed by atoms with Crippen LogP contribution in [0.4, 0.5) is 0 Å². The van der Waals surface area contributed by atoms with Crippen LogP contribution in [0.15, 0.2) is 72.8 Å². The first-order chi connectivity index (χ1) is 14.7. The zero-order valence-corrected chi connectivity index (χ0v) is 17.3. The van der Waals surface area contributed by atoms with E-state index in [-0.39, 0.29) is 11.9 Å². The van der Waals surface area contributed by atoms with E-state index in [0.717, 1.165) is 28.9 Å². The molecule has 1 aromatic heterocycles. The summed E-state index contributed by atoms with van der Waals surface area (Å²) in [6.45, 7) is 0.646. The Bertz CT molecular complexity index is 1210. The number of carbonyl (C=O) groups is 1. The Hall–Kier alpha value is -3.24. The van der Waals surface area contributed by atoms with Crippen LogP contribution in [0.1, 0.15) is 33.2 Å². The lowest BCUT2D eigenvalue weighted by Crippen LogP contribution is -2.40. The highest BCUT2D eigenvalue weighted by Gasteiger charge is 2.34. The normalized spacial score (nSPS) is 15.8. The molecule has 4 aromatic rings. The van der Waals surface area contributed by atoms with Gasteiger partial charge >= 0.3 is 0 Å². The fourth-order valence-corrected chi connectivity index (χ4v) is 4.48. The van der Waals surface area contributed by atoms with Gasteiger partial charge in [-0.05, 0) is 60.0 Å². The first kappa shape index (κ1) is 18.8. The first-order valence-corrected chi connectivity index (χ1v) is 10.3. The Balaban J connectivity index is 1.62. The third-order valence-corrected chi connectivity index (χ3v) is 6.07. The number of carbonyl (C=O) groups excluding carboxylic acids is 1. The van der Waals surface area contributed by atoms with Crippen LogP contribution in [-0.4, -0.2) is 29.4 Å². The van der Waals surface area contributed by atoms with Crippen molar-refractivity contribution in [3.05, 3.63) is 100 Å². The van der Waals surface area contributed by atoms with E-state index in [1.165, 1.54) is 10.9 Å². The molecular weight excluding hydrogens is 396 g/mol. The highest BCUT2D eigenvalue weighted by Crippen LogP contribution is 2.39.